The molecule has 0 amide bonds. The van der Waals surface area contributed by atoms with Gasteiger partial charge in [-0.25, -0.2) is 0 Å². The van der Waals surface area contributed by atoms with E-state index < -0.39 is 24.1 Å². The van der Waals surface area contributed by atoms with Crippen LogP contribution in [-0.4, -0.2) is 35.7 Å². The number of esters is 2. The van der Waals surface area contributed by atoms with Gasteiger partial charge in [0.05, 0.1) is 0 Å². The highest BCUT2D eigenvalue weighted by Crippen LogP contribution is 2.22. The summed E-state index contributed by atoms with van der Waals surface area (Å²) in [6.45, 7) is 14.9. The van der Waals surface area contributed by atoms with Crippen LogP contribution in [0.15, 0.2) is 24.7 Å². The van der Waals surface area contributed by atoms with Crippen molar-refractivity contribution in [1.82, 2.24) is 0 Å². The highest BCUT2D eigenvalue weighted by molar-refractivity contribution is 5.94. The van der Waals surface area contributed by atoms with E-state index in [4.69, 9.17) is 14.2 Å². The van der Waals surface area contributed by atoms with Crippen molar-refractivity contribution in [2.24, 2.45) is 0 Å². The maximum atomic E-state index is 12.0. The summed E-state index contributed by atoms with van der Waals surface area (Å²) in [5.41, 5.74) is 0. The minimum absolute atomic E-state index is 0.243. The van der Waals surface area contributed by atoms with Crippen LogP contribution >= 0.6 is 0 Å². The summed E-state index contributed by atoms with van der Waals surface area (Å²) in [4.78, 5) is 46.5. The molecule has 0 aliphatic rings. The minimum Gasteiger partial charge on any atom is -0.467 e. The lowest BCUT2D eigenvalue weighted by atomic mass is 10.1. The minimum atomic E-state index is -0.547. The van der Waals surface area contributed by atoms with E-state index >= 15 is 0 Å². The van der Waals surface area contributed by atoms with Crippen LogP contribution in [0.25, 0.3) is 0 Å². The molecule has 7 heteroatoms. The molecule has 0 aromatic carbocycles. The maximum Gasteiger partial charge on any atom is 0.313 e. The third-order valence-electron chi connectivity index (χ3n) is 5.34. The number of carbonyl (C=O) groups is 4. The molecule has 7 nitrogen and oxygen atoms in total. The van der Waals surface area contributed by atoms with E-state index in [0.29, 0.717) is 37.2 Å². The number of ether oxygens (including phenoxy) is 3. The molecule has 2 unspecified atom stereocenters. The van der Waals surface area contributed by atoms with E-state index in [2.05, 4.69) is 27.0 Å². The Morgan fingerprint density at radius 1 is 0.629 bits per heavy atom. The van der Waals surface area contributed by atoms with Crippen molar-refractivity contribution < 1.29 is 33.4 Å². The topological polar surface area (TPSA) is 96.0 Å². The Morgan fingerprint density at radius 3 is 1.31 bits per heavy atom. The van der Waals surface area contributed by atoms with Gasteiger partial charge in [0, 0.05) is 12.8 Å². The predicted octanol–water partition coefficient (Wildman–Crippen LogP) is 6.53. The lowest BCUT2D eigenvalue weighted by Crippen LogP contribution is -2.22. The molecular formula is C28H46O7. The standard InChI is InChI=1S/C28H46O7/c1-7-9-11-13-15-25(34-27(31)17-21(3)29)19-23(5)33-24(6)20-26(16-14-12-10-8-2)35-28(32)18-22(4)30/h25-26H,5-20H2,1-4H3. The Bertz CT molecular complexity index is 637. The van der Waals surface area contributed by atoms with E-state index in [1.165, 1.54) is 13.8 Å². The molecule has 2 atom stereocenters. The summed E-state index contributed by atoms with van der Waals surface area (Å²) in [5, 5.41) is 0. The molecule has 200 valence electrons. The summed E-state index contributed by atoms with van der Waals surface area (Å²) < 4.78 is 16.8. The third kappa shape index (κ3) is 19.5. The van der Waals surface area contributed by atoms with Gasteiger partial charge in [-0.2, -0.15) is 0 Å². The van der Waals surface area contributed by atoms with Gasteiger partial charge in [0.1, 0.15) is 48.1 Å². The average Bonchev–Trinajstić information content (AvgIpc) is 2.72. The highest BCUT2D eigenvalue weighted by Gasteiger charge is 2.21. The first-order valence-electron chi connectivity index (χ1n) is 13.0. The van der Waals surface area contributed by atoms with E-state index in [1.54, 1.807) is 0 Å². The van der Waals surface area contributed by atoms with Crippen molar-refractivity contribution in [3.05, 3.63) is 24.7 Å². The van der Waals surface area contributed by atoms with Crippen molar-refractivity contribution in [3.8, 4) is 0 Å². The van der Waals surface area contributed by atoms with E-state index in [1.807, 2.05) is 0 Å². The Labute approximate surface area is 211 Å². The van der Waals surface area contributed by atoms with Gasteiger partial charge in [-0.1, -0.05) is 65.5 Å². The van der Waals surface area contributed by atoms with E-state index in [9.17, 15) is 19.2 Å². The molecule has 0 rings (SSSR count). The zero-order chi connectivity index (χ0) is 26.6. The van der Waals surface area contributed by atoms with Gasteiger partial charge in [0.2, 0.25) is 0 Å². The Balaban J connectivity index is 4.92. The first-order valence-corrected chi connectivity index (χ1v) is 13.0. The Hall–Kier alpha value is -2.44. The molecule has 0 aromatic heterocycles. The fourth-order valence-electron chi connectivity index (χ4n) is 3.66. The van der Waals surface area contributed by atoms with Crippen molar-refractivity contribution in [2.75, 3.05) is 0 Å². The number of carbonyl (C=O) groups excluding carboxylic acids is 4. The molecule has 35 heavy (non-hydrogen) atoms. The van der Waals surface area contributed by atoms with Crippen molar-refractivity contribution in [3.63, 3.8) is 0 Å². The third-order valence-corrected chi connectivity index (χ3v) is 5.34. The molecular weight excluding hydrogens is 448 g/mol. The molecule has 0 spiro atoms. The average molecular weight is 495 g/mol. The van der Waals surface area contributed by atoms with Crippen molar-refractivity contribution in [2.45, 2.75) is 130 Å². The van der Waals surface area contributed by atoms with E-state index in [0.717, 1.165) is 51.4 Å². The Morgan fingerprint density at radius 2 is 1.00 bits per heavy atom. The highest BCUT2D eigenvalue weighted by atomic mass is 16.6. The summed E-state index contributed by atoms with van der Waals surface area (Å²) in [5.74, 6) is -0.792. The van der Waals surface area contributed by atoms with Crippen LogP contribution < -0.4 is 0 Å². The molecule has 0 aromatic rings. The fourth-order valence-corrected chi connectivity index (χ4v) is 3.66. The molecule has 0 aliphatic heterocycles. The number of Topliss-reactive ketones (excluding diaryl/α,β-unsaturated/α-hetero) is 2. The van der Waals surface area contributed by atoms with Crippen LogP contribution in [-0.2, 0) is 33.4 Å². The first kappa shape index (κ1) is 32.6. The van der Waals surface area contributed by atoms with Gasteiger partial charge in [-0.15, -0.1) is 0 Å². The molecule has 0 radical (unpaired) electrons. The van der Waals surface area contributed by atoms with Crippen LogP contribution in [0.3, 0.4) is 0 Å². The second-order valence-corrected chi connectivity index (χ2v) is 9.27. The van der Waals surface area contributed by atoms with Gasteiger partial charge in [0.15, 0.2) is 0 Å². The smallest absolute Gasteiger partial charge is 0.313 e. The molecule has 0 N–H and O–H groups in total. The maximum absolute atomic E-state index is 12.0. The van der Waals surface area contributed by atoms with Gasteiger partial charge in [-0.05, 0) is 39.5 Å². The van der Waals surface area contributed by atoms with Gasteiger partial charge in [0.25, 0.3) is 0 Å². The molecule has 0 bridgehead atoms. The van der Waals surface area contributed by atoms with Gasteiger partial charge < -0.3 is 14.2 Å². The SMILES string of the molecule is C=C(CC(CCCCCC)OC(=O)CC(C)=O)OC(=C)CC(CCCCCC)OC(=O)CC(C)=O. The first-order chi connectivity index (χ1) is 16.6. The Kier molecular flexibility index (Phi) is 18.4. The van der Waals surface area contributed by atoms with Crippen LogP contribution in [0.1, 0.15) is 118 Å². The van der Waals surface area contributed by atoms with Crippen molar-refractivity contribution >= 4 is 23.5 Å². The summed E-state index contributed by atoms with van der Waals surface area (Å²) in [6.07, 6.45) is 8.77. The van der Waals surface area contributed by atoms with Crippen LogP contribution in [0.5, 0.6) is 0 Å². The van der Waals surface area contributed by atoms with Crippen LogP contribution in [0, 0.1) is 0 Å². The van der Waals surface area contributed by atoms with Crippen molar-refractivity contribution in [1.29, 1.82) is 0 Å². The monoisotopic (exact) mass is 494 g/mol. The van der Waals surface area contributed by atoms with Crippen LogP contribution in [0.2, 0.25) is 0 Å². The van der Waals surface area contributed by atoms with Gasteiger partial charge >= 0.3 is 11.9 Å². The predicted molar refractivity (Wildman–Crippen MR) is 136 cm³/mol. The number of hydrogen-bond donors (Lipinski definition) is 0. The summed E-state index contributed by atoms with van der Waals surface area (Å²) >= 11 is 0. The lowest BCUT2D eigenvalue weighted by Gasteiger charge is -2.22. The van der Waals surface area contributed by atoms with Gasteiger partial charge in [-0.3, -0.25) is 19.2 Å². The lowest BCUT2D eigenvalue weighted by molar-refractivity contribution is -0.152. The largest absolute Gasteiger partial charge is 0.467 e. The van der Waals surface area contributed by atoms with E-state index in [-0.39, 0.29) is 24.4 Å². The number of ketones is 2. The fraction of sp³-hybridized carbons (Fsp3) is 0.714. The molecule has 0 saturated heterocycles. The second-order valence-electron chi connectivity index (χ2n) is 9.27. The number of rotatable bonds is 22. The zero-order valence-corrected chi connectivity index (χ0v) is 22.3. The molecule has 0 aliphatic carbocycles. The zero-order valence-electron chi connectivity index (χ0n) is 22.3. The summed E-state index contributed by atoms with van der Waals surface area (Å²) in [6, 6.07) is 0. The number of unbranched alkanes of at least 4 members (excludes halogenated alkanes) is 6. The molecule has 0 saturated carbocycles. The normalized spacial score (nSPS) is 12.3. The summed E-state index contributed by atoms with van der Waals surface area (Å²) in [7, 11) is 0. The molecule has 0 fully saturated rings. The second kappa shape index (κ2) is 19.8. The molecule has 0 heterocycles. The number of hydrogen-bond acceptors (Lipinski definition) is 7. The quantitative estimate of drug-likeness (QED) is 0.0730. The van der Waals surface area contributed by atoms with Crippen LogP contribution in [0.4, 0.5) is 0 Å².